The van der Waals surface area contributed by atoms with Crippen molar-refractivity contribution in [1.29, 1.82) is 0 Å². The smallest absolute Gasteiger partial charge is 0.0269 e. The molecule has 22 heavy (non-hydrogen) atoms. The third-order valence-electron chi connectivity index (χ3n) is 8.76. The molecule has 0 nitrogen and oxygen atoms in total. The second kappa shape index (κ2) is 6.48. The first-order valence-corrected chi connectivity index (χ1v) is 10.8. The first-order valence-electron chi connectivity index (χ1n) is 10.8. The maximum atomic E-state index is 1.62. The van der Waals surface area contributed by atoms with Gasteiger partial charge < -0.3 is 0 Å². The van der Waals surface area contributed by atoms with Crippen LogP contribution in [0.15, 0.2) is 0 Å². The van der Waals surface area contributed by atoms with Gasteiger partial charge in [-0.05, 0) is 86.9 Å². The molecule has 0 aliphatic heterocycles. The van der Waals surface area contributed by atoms with Crippen LogP contribution < -0.4 is 0 Å². The van der Waals surface area contributed by atoms with Crippen molar-refractivity contribution in [2.24, 2.45) is 22.7 Å². The predicted octanol–water partition coefficient (Wildman–Crippen LogP) is 7.27. The van der Waals surface area contributed by atoms with Gasteiger partial charge in [0.2, 0.25) is 0 Å². The van der Waals surface area contributed by atoms with E-state index in [0.717, 1.165) is 22.7 Å². The van der Waals surface area contributed by atoms with E-state index in [1.165, 1.54) is 0 Å². The highest BCUT2D eigenvalue weighted by atomic mass is 14.5. The quantitative estimate of drug-likeness (QED) is 0.514. The van der Waals surface area contributed by atoms with Crippen LogP contribution in [0.1, 0.15) is 116 Å². The molecule has 0 aromatic heterocycles. The minimum absolute atomic E-state index is 0.810. The van der Waals surface area contributed by atoms with Crippen molar-refractivity contribution in [3.05, 3.63) is 0 Å². The lowest BCUT2D eigenvalue weighted by atomic mass is 9.52. The Bertz CT molecular complexity index is 308. The lowest BCUT2D eigenvalue weighted by molar-refractivity contribution is -0.0163. The van der Waals surface area contributed by atoms with E-state index >= 15 is 0 Å². The molecule has 4 fully saturated rings. The summed E-state index contributed by atoms with van der Waals surface area (Å²) in [6, 6.07) is 0. The maximum Gasteiger partial charge on any atom is -0.0269 e. The zero-order valence-electron chi connectivity index (χ0n) is 14.9. The summed E-state index contributed by atoms with van der Waals surface area (Å²) in [6.45, 7) is 0. The van der Waals surface area contributed by atoms with Gasteiger partial charge in [-0.3, -0.25) is 0 Å². The van der Waals surface area contributed by atoms with Gasteiger partial charge in [-0.25, -0.2) is 0 Å². The molecule has 0 radical (unpaired) electrons. The van der Waals surface area contributed by atoms with Crippen LogP contribution >= 0.6 is 0 Å². The summed E-state index contributed by atoms with van der Waals surface area (Å²) >= 11 is 0. The molecule has 0 heterocycles. The van der Waals surface area contributed by atoms with Crippen molar-refractivity contribution in [2.45, 2.75) is 116 Å². The number of fused-ring (bicyclic) bond motifs is 2. The second-order valence-electron chi connectivity index (χ2n) is 9.60. The molecule has 0 bridgehead atoms. The van der Waals surface area contributed by atoms with Gasteiger partial charge in [0.05, 0.1) is 0 Å². The molecule has 4 aliphatic carbocycles. The molecule has 0 amide bonds. The molecule has 0 aromatic carbocycles. The van der Waals surface area contributed by atoms with Crippen LogP contribution in [0.25, 0.3) is 0 Å². The second-order valence-corrected chi connectivity index (χ2v) is 9.60. The van der Waals surface area contributed by atoms with Gasteiger partial charge in [-0.2, -0.15) is 0 Å². The van der Waals surface area contributed by atoms with Crippen LogP contribution in [0.5, 0.6) is 0 Å². The van der Waals surface area contributed by atoms with Crippen LogP contribution in [0.3, 0.4) is 0 Å². The van der Waals surface area contributed by atoms with Gasteiger partial charge >= 0.3 is 0 Å². The average molecular weight is 303 g/mol. The molecule has 0 heteroatoms. The van der Waals surface area contributed by atoms with Crippen LogP contribution in [0.4, 0.5) is 0 Å². The predicted molar refractivity (Wildman–Crippen MR) is 95.0 cm³/mol. The molecule has 0 unspecified atom stereocenters. The summed E-state index contributed by atoms with van der Waals surface area (Å²) < 4.78 is 0. The minimum Gasteiger partial charge on any atom is -0.0530 e. The molecule has 0 saturated heterocycles. The Morgan fingerprint density at radius 1 is 0.455 bits per heavy atom. The van der Waals surface area contributed by atoms with Gasteiger partial charge in [-0.1, -0.05) is 51.4 Å². The Balaban J connectivity index is 1.47. The summed E-state index contributed by atoms with van der Waals surface area (Å²) in [5.41, 5.74) is 1.62. The normalized spacial score (nSPS) is 45.8. The Labute approximate surface area is 138 Å². The third kappa shape index (κ3) is 2.78. The lowest BCUT2D eigenvalue weighted by Gasteiger charge is -2.53. The molecular weight excluding hydrogens is 264 g/mol. The summed E-state index contributed by atoms with van der Waals surface area (Å²) in [5, 5.41) is 0. The van der Waals surface area contributed by atoms with Gasteiger partial charge in [0.25, 0.3) is 0 Å². The van der Waals surface area contributed by atoms with Crippen LogP contribution in [-0.2, 0) is 0 Å². The van der Waals surface area contributed by atoms with Crippen molar-refractivity contribution in [1.82, 2.24) is 0 Å². The van der Waals surface area contributed by atoms with E-state index in [2.05, 4.69) is 0 Å². The zero-order chi connectivity index (χ0) is 14.9. The molecule has 4 saturated carbocycles. The van der Waals surface area contributed by atoms with Crippen molar-refractivity contribution >= 4 is 0 Å². The summed E-state index contributed by atoms with van der Waals surface area (Å²) in [4.78, 5) is 0. The fourth-order valence-corrected chi connectivity index (χ4v) is 7.46. The average Bonchev–Trinajstić information content (AvgIpc) is 2.60. The summed E-state index contributed by atoms with van der Waals surface area (Å²) in [7, 11) is 0. The van der Waals surface area contributed by atoms with Crippen LogP contribution in [-0.4, -0.2) is 0 Å². The van der Waals surface area contributed by atoms with E-state index in [1.807, 2.05) is 0 Å². The minimum atomic E-state index is 0.810. The van der Waals surface area contributed by atoms with Crippen molar-refractivity contribution in [3.63, 3.8) is 0 Å². The fraction of sp³-hybridized carbons (Fsp3) is 1.00. The molecule has 126 valence electrons. The molecular formula is C22H38. The van der Waals surface area contributed by atoms with E-state index < -0.39 is 0 Å². The molecule has 0 atom stereocenters. The van der Waals surface area contributed by atoms with Crippen molar-refractivity contribution in [2.75, 3.05) is 0 Å². The molecule has 0 aromatic rings. The third-order valence-corrected chi connectivity index (χ3v) is 8.76. The largest absolute Gasteiger partial charge is 0.0530 e. The van der Waals surface area contributed by atoms with E-state index in [0.29, 0.717) is 0 Å². The SMILES string of the molecule is C1CCC2(CCC34CCCCC3CCCC4)CCCCC2C1. The van der Waals surface area contributed by atoms with Crippen LogP contribution in [0.2, 0.25) is 0 Å². The van der Waals surface area contributed by atoms with E-state index in [4.69, 9.17) is 0 Å². The first kappa shape index (κ1) is 15.5. The van der Waals surface area contributed by atoms with Gasteiger partial charge in [0, 0.05) is 0 Å². The molecule has 0 N–H and O–H groups in total. The standard InChI is InChI=1S/C22H38/c1-5-13-21(14-6-2-10-19(21)9-1)17-18-22-15-7-3-11-20(22)12-4-8-16-22/h19-20H,1-18H2. The molecule has 0 spiro atoms. The number of rotatable bonds is 3. The molecule has 4 rings (SSSR count). The Kier molecular flexibility index (Phi) is 4.57. The van der Waals surface area contributed by atoms with Crippen molar-refractivity contribution in [3.8, 4) is 0 Å². The Morgan fingerprint density at radius 2 is 0.773 bits per heavy atom. The van der Waals surface area contributed by atoms with Gasteiger partial charge in [0.15, 0.2) is 0 Å². The number of hydrogen-bond donors (Lipinski definition) is 0. The maximum absolute atomic E-state index is 1.62. The van der Waals surface area contributed by atoms with Gasteiger partial charge in [-0.15, -0.1) is 0 Å². The highest BCUT2D eigenvalue weighted by molar-refractivity contribution is 4.97. The van der Waals surface area contributed by atoms with E-state index in [1.54, 1.807) is 116 Å². The van der Waals surface area contributed by atoms with E-state index in [9.17, 15) is 0 Å². The monoisotopic (exact) mass is 302 g/mol. The highest BCUT2D eigenvalue weighted by Crippen LogP contribution is 2.58. The van der Waals surface area contributed by atoms with E-state index in [-0.39, 0.29) is 0 Å². The Morgan fingerprint density at radius 3 is 1.09 bits per heavy atom. The zero-order valence-corrected chi connectivity index (χ0v) is 14.9. The van der Waals surface area contributed by atoms with Crippen molar-refractivity contribution < 1.29 is 0 Å². The Hall–Kier alpha value is 0. The summed E-state index contributed by atoms with van der Waals surface area (Å²) in [5.74, 6) is 2.24. The number of hydrogen-bond acceptors (Lipinski definition) is 0. The van der Waals surface area contributed by atoms with Gasteiger partial charge in [0.1, 0.15) is 0 Å². The lowest BCUT2D eigenvalue weighted by Crippen LogP contribution is -2.41. The topological polar surface area (TPSA) is 0 Å². The summed E-state index contributed by atoms with van der Waals surface area (Å²) in [6.07, 6.45) is 28.3. The molecule has 4 aliphatic rings. The fourth-order valence-electron chi connectivity index (χ4n) is 7.46. The highest BCUT2D eigenvalue weighted by Gasteiger charge is 2.46. The van der Waals surface area contributed by atoms with Crippen LogP contribution in [0, 0.1) is 22.7 Å². The first-order chi connectivity index (χ1) is 10.8.